The van der Waals surface area contributed by atoms with E-state index in [2.05, 4.69) is 49.3 Å². The van der Waals surface area contributed by atoms with Crippen molar-refractivity contribution in [1.29, 1.82) is 0 Å². The molecule has 0 unspecified atom stereocenters. The predicted molar refractivity (Wildman–Crippen MR) is 94.3 cm³/mol. The Balaban J connectivity index is 0. The van der Waals surface area contributed by atoms with Gasteiger partial charge in [-0.05, 0) is 31.9 Å². The Bertz CT molecular complexity index is 358. The van der Waals surface area contributed by atoms with E-state index in [9.17, 15) is 0 Å². The maximum atomic E-state index is 3.19. The molecule has 0 fully saturated rings. The molecule has 2 nitrogen and oxygen atoms in total. The van der Waals surface area contributed by atoms with Crippen molar-refractivity contribution in [2.45, 2.75) is 62.3 Å². The van der Waals surface area contributed by atoms with Gasteiger partial charge in [0.15, 0.2) is 0 Å². The molecule has 2 heteroatoms. The van der Waals surface area contributed by atoms with Gasteiger partial charge in [-0.3, -0.25) is 0 Å². The molecular weight excluding hydrogens is 244 g/mol. The van der Waals surface area contributed by atoms with Crippen LogP contribution >= 0.6 is 0 Å². The minimum absolute atomic E-state index is 0.880. The highest BCUT2D eigenvalue weighted by molar-refractivity contribution is 5.62. The Hall–Kier alpha value is -1.44. The van der Waals surface area contributed by atoms with Gasteiger partial charge in [-0.1, -0.05) is 59.2 Å². The molecule has 0 atom stereocenters. The lowest BCUT2D eigenvalue weighted by Crippen LogP contribution is -2.21. The minimum Gasteiger partial charge on any atom is -0.372 e. The highest BCUT2D eigenvalue weighted by Crippen LogP contribution is 2.26. The number of rotatable bonds is 1. The summed E-state index contributed by atoms with van der Waals surface area (Å²) in [4.78, 5) is 2.24. The average Bonchev–Trinajstić information content (AvgIpc) is 2.98. The van der Waals surface area contributed by atoms with Gasteiger partial charge in [-0.2, -0.15) is 0 Å². The highest BCUT2D eigenvalue weighted by Gasteiger charge is 2.11. The molecule has 0 saturated heterocycles. The van der Waals surface area contributed by atoms with Crippen LogP contribution in [-0.2, 0) is 0 Å². The number of aryl methyl sites for hydroxylation is 3. The van der Waals surface area contributed by atoms with Crippen molar-refractivity contribution < 1.29 is 0 Å². The lowest BCUT2D eigenvalue weighted by atomic mass is 10.0. The molecule has 0 radical (unpaired) electrons. The summed E-state index contributed by atoms with van der Waals surface area (Å²) in [6, 6.07) is 4.46. The first-order valence-corrected chi connectivity index (χ1v) is 7.93. The number of nitrogens with one attached hydrogen (secondary N) is 1. The van der Waals surface area contributed by atoms with E-state index in [0.29, 0.717) is 0 Å². The van der Waals surface area contributed by atoms with Gasteiger partial charge in [0, 0.05) is 18.1 Å². The molecular formula is C18H34N2. The third kappa shape index (κ3) is 6.14. The lowest BCUT2D eigenvalue weighted by Gasteiger charge is -2.20. The van der Waals surface area contributed by atoms with Crippen molar-refractivity contribution >= 4 is 5.69 Å². The molecule has 0 aromatic heterocycles. The molecule has 0 bridgehead atoms. The SMILES string of the molecule is CC.CC.CC.Cc1cc(C)c(N2C=CNC2)c(C)c1. The van der Waals surface area contributed by atoms with Crippen LogP contribution in [0.3, 0.4) is 0 Å². The van der Waals surface area contributed by atoms with Gasteiger partial charge < -0.3 is 10.2 Å². The molecule has 1 heterocycles. The average molecular weight is 278 g/mol. The molecule has 0 spiro atoms. The molecule has 0 amide bonds. The largest absolute Gasteiger partial charge is 0.372 e. The smallest absolute Gasteiger partial charge is 0.0916 e. The van der Waals surface area contributed by atoms with Gasteiger partial charge in [-0.25, -0.2) is 0 Å². The number of benzene rings is 1. The minimum atomic E-state index is 0.880. The van der Waals surface area contributed by atoms with Crippen molar-refractivity contribution in [3.05, 3.63) is 41.2 Å². The zero-order valence-corrected chi connectivity index (χ0v) is 15.0. The van der Waals surface area contributed by atoms with E-state index in [0.717, 1.165) is 6.67 Å². The van der Waals surface area contributed by atoms with Crippen LogP contribution in [0.4, 0.5) is 5.69 Å². The lowest BCUT2D eigenvalue weighted by molar-refractivity contribution is 0.894. The summed E-state index contributed by atoms with van der Waals surface area (Å²) in [5.41, 5.74) is 5.35. The monoisotopic (exact) mass is 278 g/mol. The molecule has 1 aliphatic heterocycles. The third-order valence-electron chi connectivity index (χ3n) is 2.56. The van der Waals surface area contributed by atoms with Crippen LogP contribution in [0.5, 0.6) is 0 Å². The summed E-state index contributed by atoms with van der Waals surface area (Å²) < 4.78 is 0. The van der Waals surface area contributed by atoms with Crippen molar-refractivity contribution in [3.8, 4) is 0 Å². The number of hydrogen-bond donors (Lipinski definition) is 1. The molecule has 0 saturated carbocycles. The summed E-state index contributed by atoms with van der Waals surface area (Å²) in [6.07, 6.45) is 4.07. The first kappa shape index (κ1) is 20.9. The Morgan fingerprint density at radius 1 is 0.850 bits per heavy atom. The first-order valence-electron chi connectivity index (χ1n) is 7.93. The number of nitrogens with zero attached hydrogens (tertiary/aromatic N) is 1. The standard InChI is InChI=1S/C12H16N2.3C2H6/c1-9-6-10(2)12(11(3)7-9)14-5-4-13-8-14;3*1-2/h4-7,13H,8H2,1-3H3;3*1-2H3. The van der Waals surface area contributed by atoms with Crippen molar-refractivity contribution in [1.82, 2.24) is 5.32 Å². The summed E-state index contributed by atoms with van der Waals surface area (Å²) in [5, 5.41) is 3.19. The van der Waals surface area contributed by atoms with E-state index < -0.39 is 0 Å². The van der Waals surface area contributed by atoms with E-state index in [1.165, 1.54) is 22.4 Å². The molecule has 1 N–H and O–H groups in total. The second-order valence-corrected chi connectivity index (χ2v) is 3.90. The van der Waals surface area contributed by atoms with Gasteiger partial charge in [0.1, 0.15) is 0 Å². The fourth-order valence-electron chi connectivity index (χ4n) is 2.13. The topological polar surface area (TPSA) is 15.3 Å². The van der Waals surface area contributed by atoms with Gasteiger partial charge in [-0.15, -0.1) is 0 Å². The van der Waals surface area contributed by atoms with Crippen LogP contribution in [-0.4, -0.2) is 6.67 Å². The molecule has 1 aliphatic rings. The molecule has 2 rings (SSSR count). The van der Waals surface area contributed by atoms with Crippen LogP contribution in [0.15, 0.2) is 24.5 Å². The second-order valence-electron chi connectivity index (χ2n) is 3.90. The van der Waals surface area contributed by atoms with Crippen LogP contribution < -0.4 is 10.2 Å². The predicted octanol–water partition coefficient (Wildman–Crippen LogP) is 5.53. The first-order chi connectivity index (χ1) is 9.68. The zero-order chi connectivity index (χ0) is 16.1. The Morgan fingerprint density at radius 2 is 1.30 bits per heavy atom. The maximum Gasteiger partial charge on any atom is 0.0916 e. The van der Waals surface area contributed by atoms with E-state index in [4.69, 9.17) is 0 Å². The van der Waals surface area contributed by atoms with Crippen molar-refractivity contribution in [2.24, 2.45) is 0 Å². The molecule has 0 aliphatic carbocycles. The van der Waals surface area contributed by atoms with Gasteiger partial charge in [0.05, 0.1) is 6.67 Å². The van der Waals surface area contributed by atoms with E-state index >= 15 is 0 Å². The van der Waals surface area contributed by atoms with Crippen LogP contribution in [0.2, 0.25) is 0 Å². The van der Waals surface area contributed by atoms with Crippen LogP contribution in [0.1, 0.15) is 58.2 Å². The summed E-state index contributed by atoms with van der Waals surface area (Å²) >= 11 is 0. The maximum absolute atomic E-state index is 3.19. The summed E-state index contributed by atoms with van der Waals surface area (Å²) in [5.74, 6) is 0. The van der Waals surface area contributed by atoms with Gasteiger partial charge in [0.2, 0.25) is 0 Å². The highest BCUT2D eigenvalue weighted by atomic mass is 15.2. The second kappa shape index (κ2) is 12.6. The van der Waals surface area contributed by atoms with Gasteiger partial charge >= 0.3 is 0 Å². The molecule has 1 aromatic carbocycles. The quantitative estimate of drug-likeness (QED) is 0.726. The Morgan fingerprint density at radius 3 is 1.65 bits per heavy atom. The molecule has 1 aromatic rings. The van der Waals surface area contributed by atoms with Crippen molar-refractivity contribution in [3.63, 3.8) is 0 Å². The Labute approximate surface area is 126 Å². The molecule has 20 heavy (non-hydrogen) atoms. The molecule has 116 valence electrons. The summed E-state index contributed by atoms with van der Waals surface area (Å²) in [7, 11) is 0. The van der Waals surface area contributed by atoms with Crippen LogP contribution in [0, 0.1) is 20.8 Å². The van der Waals surface area contributed by atoms with Crippen LogP contribution in [0.25, 0.3) is 0 Å². The normalized spacial score (nSPS) is 11.2. The summed E-state index contributed by atoms with van der Waals surface area (Å²) in [6.45, 7) is 19.4. The fraction of sp³-hybridized carbons (Fsp3) is 0.556. The third-order valence-corrected chi connectivity index (χ3v) is 2.56. The van der Waals surface area contributed by atoms with Gasteiger partial charge in [0.25, 0.3) is 0 Å². The van der Waals surface area contributed by atoms with E-state index in [-0.39, 0.29) is 0 Å². The fourth-order valence-corrected chi connectivity index (χ4v) is 2.13. The number of anilines is 1. The Kier molecular flexibility index (Phi) is 13.1. The van der Waals surface area contributed by atoms with Crippen molar-refractivity contribution in [2.75, 3.05) is 11.6 Å². The van der Waals surface area contributed by atoms with E-state index in [1.807, 2.05) is 47.7 Å². The van der Waals surface area contributed by atoms with E-state index in [1.54, 1.807) is 0 Å². The zero-order valence-electron chi connectivity index (χ0n) is 15.0. The number of hydrogen-bond acceptors (Lipinski definition) is 2.